The summed E-state index contributed by atoms with van der Waals surface area (Å²) in [6, 6.07) is 19.1. The van der Waals surface area contributed by atoms with Crippen molar-refractivity contribution in [1.82, 2.24) is 9.97 Å². The van der Waals surface area contributed by atoms with Crippen LogP contribution in [0.25, 0.3) is 0 Å². The molecular weight excluding hydrogens is 284 g/mol. The van der Waals surface area contributed by atoms with Crippen LogP contribution in [-0.2, 0) is 0 Å². The Balaban J connectivity index is 1.79. The van der Waals surface area contributed by atoms with Gasteiger partial charge in [-0.2, -0.15) is 4.98 Å². The van der Waals surface area contributed by atoms with Gasteiger partial charge in [-0.1, -0.05) is 41.9 Å². The summed E-state index contributed by atoms with van der Waals surface area (Å²) in [5.74, 6) is 1.20. The Bertz CT molecular complexity index is 731. The van der Waals surface area contributed by atoms with Gasteiger partial charge in [-0.25, -0.2) is 4.98 Å². The van der Waals surface area contributed by atoms with Gasteiger partial charge in [-0.05, 0) is 30.3 Å². The van der Waals surface area contributed by atoms with Gasteiger partial charge in [0.2, 0.25) is 5.95 Å². The number of rotatable bonds is 4. The lowest BCUT2D eigenvalue weighted by molar-refractivity contribution is 1.17. The highest BCUT2D eigenvalue weighted by Crippen LogP contribution is 2.24. The summed E-state index contributed by atoms with van der Waals surface area (Å²) in [5, 5.41) is 6.97. The van der Waals surface area contributed by atoms with E-state index in [-0.39, 0.29) is 0 Å². The van der Waals surface area contributed by atoms with Gasteiger partial charge < -0.3 is 10.6 Å². The minimum absolute atomic E-state index is 0.526. The van der Waals surface area contributed by atoms with E-state index in [0.29, 0.717) is 16.8 Å². The lowest BCUT2D eigenvalue weighted by atomic mass is 10.3. The van der Waals surface area contributed by atoms with Crippen molar-refractivity contribution >= 4 is 34.7 Å². The Morgan fingerprint density at radius 3 is 2.38 bits per heavy atom. The van der Waals surface area contributed by atoms with Crippen molar-refractivity contribution in [3.63, 3.8) is 0 Å². The quantitative estimate of drug-likeness (QED) is 0.738. The van der Waals surface area contributed by atoms with E-state index in [2.05, 4.69) is 20.6 Å². The summed E-state index contributed by atoms with van der Waals surface area (Å²) < 4.78 is 0. The van der Waals surface area contributed by atoms with Gasteiger partial charge in [-0.3, -0.25) is 0 Å². The standard InChI is InChI=1S/C16H13ClN4/c17-13-8-4-5-9-14(13)20-15-10-11-18-16(21-15)19-12-6-2-1-3-7-12/h1-11H,(H2,18,19,20,21). The summed E-state index contributed by atoms with van der Waals surface area (Å²) in [6.45, 7) is 0. The second kappa shape index (κ2) is 6.24. The average Bonchev–Trinajstić information content (AvgIpc) is 2.51. The molecule has 0 atom stereocenters. The van der Waals surface area contributed by atoms with Gasteiger partial charge in [0.05, 0.1) is 10.7 Å². The van der Waals surface area contributed by atoms with Gasteiger partial charge in [0.25, 0.3) is 0 Å². The molecule has 0 aliphatic heterocycles. The number of benzene rings is 2. The summed E-state index contributed by atoms with van der Waals surface area (Å²) in [4.78, 5) is 8.62. The molecule has 1 aromatic heterocycles. The first-order chi connectivity index (χ1) is 10.3. The normalized spacial score (nSPS) is 10.1. The van der Waals surface area contributed by atoms with Crippen LogP contribution in [-0.4, -0.2) is 9.97 Å². The predicted molar refractivity (Wildman–Crippen MR) is 86.5 cm³/mol. The smallest absolute Gasteiger partial charge is 0.229 e. The number of nitrogens with one attached hydrogen (secondary N) is 2. The van der Waals surface area contributed by atoms with Crippen molar-refractivity contribution in [1.29, 1.82) is 0 Å². The van der Waals surface area contributed by atoms with Crippen molar-refractivity contribution in [3.8, 4) is 0 Å². The third kappa shape index (κ3) is 3.49. The molecule has 0 unspecified atom stereocenters. The van der Waals surface area contributed by atoms with Gasteiger partial charge in [0.1, 0.15) is 5.82 Å². The Labute approximate surface area is 127 Å². The zero-order valence-electron chi connectivity index (χ0n) is 11.1. The molecule has 2 N–H and O–H groups in total. The predicted octanol–water partition coefficient (Wildman–Crippen LogP) is 4.62. The molecular formula is C16H13ClN4. The van der Waals surface area contributed by atoms with Crippen LogP contribution in [0.4, 0.5) is 23.1 Å². The molecule has 3 aromatic rings. The third-order valence-electron chi connectivity index (χ3n) is 2.82. The number of anilines is 4. The lowest BCUT2D eigenvalue weighted by Crippen LogP contribution is -2.00. The molecule has 0 radical (unpaired) electrons. The minimum Gasteiger partial charge on any atom is -0.339 e. The summed E-state index contributed by atoms with van der Waals surface area (Å²) in [6.07, 6.45) is 1.69. The van der Waals surface area contributed by atoms with Gasteiger partial charge >= 0.3 is 0 Å². The molecule has 104 valence electrons. The fraction of sp³-hybridized carbons (Fsp3) is 0. The van der Waals surface area contributed by atoms with Crippen molar-refractivity contribution < 1.29 is 0 Å². The monoisotopic (exact) mass is 296 g/mol. The second-order valence-corrected chi connectivity index (χ2v) is 4.77. The molecule has 0 spiro atoms. The van der Waals surface area contributed by atoms with E-state index in [1.807, 2.05) is 54.6 Å². The van der Waals surface area contributed by atoms with Crippen LogP contribution in [0, 0.1) is 0 Å². The molecule has 0 aliphatic carbocycles. The molecule has 1 heterocycles. The van der Waals surface area contributed by atoms with E-state index in [0.717, 1.165) is 11.4 Å². The molecule has 5 heteroatoms. The van der Waals surface area contributed by atoms with Crippen LogP contribution < -0.4 is 10.6 Å². The van der Waals surface area contributed by atoms with E-state index >= 15 is 0 Å². The molecule has 0 amide bonds. The minimum atomic E-state index is 0.526. The molecule has 0 bridgehead atoms. The Morgan fingerprint density at radius 2 is 1.57 bits per heavy atom. The molecule has 0 aliphatic rings. The Kier molecular flexibility index (Phi) is 3.98. The van der Waals surface area contributed by atoms with Gasteiger partial charge in [-0.15, -0.1) is 0 Å². The van der Waals surface area contributed by atoms with Crippen LogP contribution in [0.15, 0.2) is 66.9 Å². The van der Waals surface area contributed by atoms with Crippen LogP contribution in [0.1, 0.15) is 0 Å². The first kappa shape index (κ1) is 13.4. The number of nitrogens with zero attached hydrogens (tertiary/aromatic N) is 2. The SMILES string of the molecule is Clc1ccccc1Nc1ccnc(Nc2ccccc2)n1. The van der Waals surface area contributed by atoms with Crippen LogP contribution in [0.3, 0.4) is 0 Å². The number of halogens is 1. The number of aromatic nitrogens is 2. The van der Waals surface area contributed by atoms with Crippen LogP contribution in [0.2, 0.25) is 5.02 Å². The largest absolute Gasteiger partial charge is 0.339 e. The zero-order chi connectivity index (χ0) is 14.5. The molecule has 21 heavy (non-hydrogen) atoms. The maximum absolute atomic E-state index is 6.12. The first-order valence-electron chi connectivity index (χ1n) is 6.48. The zero-order valence-corrected chi connectivity index (χ0v) is 11.9. The highest BCUT2D eigenvalue weighted by atomic mass is 35.5. The van der Waals surface area contributed by atoms with Gasteiger partial charge in [0.15, 0.2) is 0 Å². The maximum atomic E-state index is 6.12. The highest BCUT2D eigenvalue weighted by molar-refractivity contribution is 6.33. The molecule has 4 nitrogen and oxygen atoms in total. The first-order valence-corrected chi connectivity index (χ1v) is 6.86. The van der Waals surface area contributed by atoms with E-state index in [1.165, 1.54) is 0 Å². The maximum Gasteiger partial charge on any atom is 0.229 e. The highest BCUT2D eigenvalue weighted by Gasteiger charge is 2.03. The Morgan fingerprint density at radius 1 is 0.810 bits per heavy atom. The van der Waals surface area contributed by atoms with Crippen molar-refractivity contribution in [2.24, 2.45) is 0 Å². The molecule has 3 rings (SSSR count). The third-order valence-corrected chi connectivity index (χ3v) is 3.15. The molecule has 2 aromatic carbocycles. The van der Waals surface area contributed by atoms with Crippen molar-refractivity contribution in [3.05, 3.63) is 71.9 Å². The second-order valence-electron chi connectivity index (χ2n) is 4.36. The lowest BCUT2D eigenvalue weighted by Gasteiger charge is -2.09. The molecule has 0 saturated carbocycles. The fourth-order valence-corrected chi connectivity index (χ4v) is 2.02. The summed E-state index contributed by atoms with van der Waals surface area (Å²) >= 11 is 6.12. The number of hydrogen-bond donors (Lipinski definition) is 2. The van der Waals surface area contributed by atoms with E-state index in [9.17, 15) is 0 Å². The van der Waals surface area contributed by atoms with E-state index in [4.69, 9.17) is 11.6 Å². The molecule has 0 saturated heterocycles. The summed E-state index contributed by atoms with van der Waals surface area (Å²) in [7, 11) is 0. The topological polar surface area (TPSA) is 49.8 Å². The number of para-hydroxylation sites is 2. The van der Waals surface area contributed by atoms with Crippen LogP contribution >= 0.6 is 11.6 Å². The summed E-state index contributed by atoms with van der Waals surface area (Å²) in [5.41, 5.74) is 1.75. The van der Waals surface area contributed by atoms with Gasteiger partial charge in [0, 0.05) is 11.9 Å². The average molecular weight is 297 g/mol. The van der Waals surface area contributed by atoms with Crippen LogP contribution in [0.5, 0.6) is 0 Å². The van der Waals surface area contributed by atoms with E-state index < -0.39 is 0 Å². The fourth-order valence-electron chi connectivity index (χ4n) is 1.84. The van der Waals surface area contributed by atoms with E-state index in [1.54, 1.807) is 12.3 Å². The Hall–Kier alpha value is -2.59. The number of hydrogen-bond acceptors (Lipinski definition) is 4. The van der Waals surface area contributed by atoms with Crippen molar-refractivity contribution in [2.75, 3.05) is 10.6 Å². The van der Waals surface area contributed by atoms with Crippen molar-refractivity contribution in [2.45, 2.75) is 0 Å². The molecule has 0 fully saturated rings.